The van der Waals surface area contributed by atoms with Gasteiger partial charge in [0, 0.05) is 0 Å². The molecule has 1 aromatic carbocycles. The molecule has 0 bridgehead atoms. The van der Waals surface area contributed by atoms with E-state index in [-0.39, 0.29) is 18.2 Å². The third kappa shape index (κ3) is 3.86. The fraction of sp³-hybridized carbons (Fsp3) is 0.273. The van der Waals surface area contributed by atoms with E-state index in [1.54, 1.807) is 0 Å². The van der Waals surface area contributed by atoms with Crippen LogP contribution in [0, 0.1) is 0 Å². The van der Waals surface area contributed by atoms with Gasteiger partial charge >= 0.3 is 24.3 Å². The number of carbonyl (C=O) groups is 2. The standard InChI is InChI=1S/C11H6F6O4/c12-10(13,14)5-1-4(7(8(18)19)9(20)21)2-6(3-5)11(15,16)17/h1-3,7H,(H,18,19)(H,20,21). The van der Waals surface area contributed by atoms with Crippen LogP contribution in [0.1, 0.15) is 22.6 Å². The highest BCUT2D eigenvalue weighted by molar-refractivity contribution is 5.99. The van der Waals surface area contributed by atoms with E-state index in [1.807, 2.05) is 0 Å². The Morgan fingerprint density at radius 3 is 1.38 bits per heavy atom. The van der Waals surface area contributed by atoms with Crippen LogP contribution in [0.2, 0.25) is 0 Å². The van der Waals surface area contributed by atoms with E-state index in [0.717, 1.165) is 0 Å². The number of benzene rings is 1. The van der Waals surface area contributed by atoms with Crippen LogP contribution >= 0.6 is 0 Å². The highest BCUT2D eigenvalue weighted by Crippen LogP contribution is 2.37. The van der Waals surface area contributed by atoms with E-state index >= 15 is 0 Å². The molecule has 4 nitrogen and oxygen atoms in total. The summed E-state index contributed by atoms with van der Waals surface area (Å²) in [5, 5.41) is 17.3. The third-order valence-corrected chi connectivity index (χ3v) is 2.44. The van der Waals surface area contributed by atoms with Crippen LogP contribution in [0.4, 0.5) is 26.3 Å². The zero-order valence-corrected chi connectivity index (χ0v) is 9.79. The van der Waals surface area contributed by atoms with E-state index in [4.69, 9.17) is 10.2 Å². The van der Waals surface area contributed by atoms with Crippen molar-refractivity contribution in [1.29, 1.82) is 0 Å². The van der Waals surface area contributed by atoms with Gasteiger partial charge in [-0.05, 0) is 23.8 Å². The van der Waals surface area contributed by atoms with Gasteiger partial charge in [-0.25, -0.2) is 0 Å². The molecule has 0 saturated heterocycles. The Labute approximate surface area is 112 Å². The monoisotopic (exact) mass is 316 g/mol. The maximum Gasteiger partial charge on any atom is 0.416 e. The van der Waals surface area contributed by atoms with Gasteiger partial charge in [-0.3, -0.25) is 9.59 Å². The first-order chi connectivity index (χ1) is 9.34. The predicted molar refractivity (Wildman–Crippen MR) is 54.5 cm³/mol. The minimum Gasteiger partial charge on any atom is -0.480 e. The summed E-state index contributed by atoms with van der Waals surface area (Å²) in [6.07, 6.45) is -10.4. The molecule has 0 aliphatic heterocycles. The summed E-state index contributed by atoms with van der Waals surface area (Å²) in [5.41, 5.74) is -4.67. The van der Waals surface area contributed by atoms with Gasteiger partial charge in [0.25, 0.3) is 0 Å². The van der Waals surface area contributed by atoms with E-state index in [9.17, 15) is 35.9 Å². The second kappa shape index (κ2) is 5.26. The minimum atomic E-state index is -5.18. The quantitative estimate of drug-likeness (QED) is 0.664. The molecule has 0 unspecified atom stereocenters. The van der Waals surface area contributed by atoms with Gasteiger partial charge in [0.2, 0.25) is 0 Å². The molecule has 0 aliphatic carbocycles. The lowest BCUT2D eigenvalue weighted by Gasteiger charge is -2.16. The Bertz CT molecular complexity index is 529. The van der Waals surface area contributed by atoms with Crippen molar-refractivity contribution >= 4 is 11.9 Å². The third-order valence-electron chi connectivity index (χ3n) is 2.44. The van der Waals surface area contributed by atoms with Crippen LogP contribution < -0.4 is 0 Å². The summed E-state index contributed by atoms with van der Waals surface area (Å²) in [4.78, 5) is 21.4. The van der Waals surface area contributed by atoms with E-state index in [0.29, 0.717) is 0 Å². The van der Waals surface area contributed by atoms with Gasteiger partial charge in [-0.15, -0.1) is 0 Å². The molecule has 0 heterocycles. The molecule has 10 heteroatoms. The number of carboxylic acids is 2. The van der Waals surface area contributed by atoms with Crippen molar-refractivity contribution in [2.24, 2.45) is 0 Å². The molecule has 2 N–H and O–H groups in total. The first-order valence-electron chi connectivity index (χ1n) is 5.09. The summed E-state index contributed by atoms with van der Waals surface area (Å²) >= 11 is 0. The predicted octanol–water partition coefficient (Wildman–Crippen LogP) is 2.98. The van der Waals surface area contributed by atoms with Crippen molar-refractivity contribution in [1.82, 2.24) is 0 Å². The van der Waals surface area contributed by atoms with Crippen molar-refractivity contribution in [3.63, 3.8) is 0 Å². The normalized spacial score (nSPS) is 12.5. The molecular weight excluding hydrogens is 310 g/mol. The first kappa shape index (κ1) is 16.8. The average Bonchev–Trinajstić information content (AvgIpc) is 2.25. The molecule has 1 rings (SSSR count). The van der Waals surface area contributed by atoms with Crippen LogP contribution in [0.25, 0.3) is 0 Å². The van der Waals surface area contributed by atoms with Crippen molar-refractivity contribution < 1.29 is 46.1 Å². The van der Waals surface area contributed by atoms with Gasteiger partial charge in [0.1, 0.15) is 0 Å². The number of hydrogen-bond donors (Lipinski definition) is 2. The number of hydrogen-bond acceptors (Lipinski definition) is 2. The summed E-state index contributed by atoms with van der Waals surface area (Å²) in [7, 11) is 0. The summed E-state index contributed by atoms with van der Waals surface area (Å²) < 4.78 is 75.2. The fourth-order valence-electron chi connectivity index (χ4n) is 1.54. The zero-order valence-electron chi connectivity index (χ0n) is 9.79. The van der Waals surface area contributed by atoms with Gasteiger partial charge in [0.05, 0.1) is 11.1 Å². The molecule has 0 fully saturated rings. The Kier molecular flexibility index (Phi) is 4.21. The van der Waals surface area contributed by atoms with E-state index in [1.165, 1.54) is 0 Å². The molecular formula is C11H6F6O4. The van der Waals surface area contributed by atoms with Crippen LogP contribution in [-0.2, 0) is 21.9 Å². The fourth-order valence-corrected chi connectivity index (χ4v) is 1.54. The van der Waals surface area contributed by atoms with Crippen LogP contribution in [-0.4, -0.2) is 22.2 Å². The molecule has 0 atom stereocenters. The molecule has 0 aliphatic rings. The highest BCUT2D eigenvalue weighted by atomic mass is 19.4. The second-order valence-electron chi connectivity index (χ2n) is 3.95. The maximum absolute atomic E-state index is 12.5. The molecule has 116 valence electrons. The SMILES string of the molecule is O=C(O)C(C(=O)O)c1cc(C(F)(F)F)cc(C(F)(F)F)c1. The molecule has 1 aromatic rings. The smallest absolute Gasteiger partial charge is 0.416 e. The molecule has 0 saturated carbocycles. The number of alkyl halides is 6. The van der Waals surface area contributed by atoms with Crippen LogP contribution in [0.15, 0.2) is 18.2 Å². The van der Waals surface area contributed by atoms with Gasteiger partial charge < -0.3 is 10.2 Å². The van der Waals surface area contributed by atoms with Gasteiger partial charge in [-0.1, -0.05) is 0 Å². The number of aliphatic carboxylic acids is 2. The minimum absolute atomic E-state index is 0.0716. The molecule has 0 amide bonds. The number of carboxylic acid groups (broad SMARTS) is 2. The van der Waals surface area contributed by atoms with Gasteiger partial charge in [0.15, 0.2) is 5.92 Å². The van der Waals surface area contributed by atoms with Crippen molar-refractivity contribution in [3.05, 3.63) is 34.9 Å². The van der Waals surface area contributed by atoms with E-state index in [2.05, 4.69) is 0 Å². The number of halogens is 6. The molecule has 0 aromatic heterocycles. The van der Waals surface area contributed by atoms with Crippen LogP contribution in [0.5, 0.6) is 0 Å². The Balaban J connectivity index is 3.59. The summed E-state index contributed by atoms with van der Waals surface area (Å²) in [6, 6.07) is -0.0748. The topological polar surface area (TPSA) is 74.6 Å². The molecule has 0 radical (unpaired) electrons. The van der Waals surface area contributed by atoms with Crippen LogP contribution in [0.3, 0.4) is 0 Å². The first-order valence-corrected chi connectivity index (χ1v) is 5.09. The molecule has 21 heavy (non-hydrogen) atoms. The Morgan fingerprint density at radius 1 is 0.810 bits per heavy atom. The van der Waals surface area contributed by atoms with E-state index < -0.39 is 46.9 Å². The average molecular weight is 316 g/mol. The Hall–Kier alpha value is -2.26. The largest absolute Gasteiger partial charge is 0.480 e. The lowest BCUT2D eigenvalue weighted by atomic mass is 9.94. The lowest BCUT2D eigenvalue weighted by Crippen LogP contribution is -2.22. The maximum atomic E-state index is 12.5. The number of rotatable bonds is 3. The van der Waals surface area contributed by atoms with Gasteiger partial charge in [-0.2, -0.15) is 26.3 Å². The highest BCUT2D eigenvalue weighted by Gasteiger charge is 2.39. The second-order valence-corrected chi connectivity index (χ2v) is 3.95. The summed E-state index contributed by atoms with van der Waals surface area (Å²) in [6.45, 7) is 0. The Morgan fingerprint density at radius 2 is 1.14 bits per heavy atom. The summed E-state index contributed by atoms with van der Waals surface area (Å²) in [5.74, 6) is -6.68. The van der Waals surface area contributed by atoms with Crippen molar-refractivity contribution in [2.45, 2.75) is 18.3 Å². The lowest BCUT2D eigenvalue weighted by molar-refractivity contribution is -0.151. The molecule has 0 spiro atoms. The van der Waals surface area contributed by atoms with Crippen molar-refractivity contribution in [3.8, 4) is 0 Å². The van der Waals surface area contributed by atoms with Crippen molar-refractivity contribution in [2.75, 3.05) is 0 Å². The zero-order chi connectivity index (χ0) is 16.6.